The molecule has 0 spiro atoms. The highest BCUT2D eigenvalue weighted by molar-refractivity contribution is 7.08. The molecule has 0 saturated carbocycles. The molecule has 23 heavy (non-hydrogen) atoms. The fourth-order valence-corrected chi connectivity index (χ4v) is 2.99. The molecule has 0 fully saturated rings. The van der Waals surface area contributed by atoms with Gasteiger partial charge in [0, 0.05) is 6.20 Å². The molecule has 0 aliphatic carbocycles. The lowest BCUT2D eigenvalue weighted by Gasteiger charge is -2.22. The minimum absolute atomic E-state index is 0.0602. The average molecular weight is 332 g/mol. The van der Waals surface area contributed by atoms with Crippen molar-refractivity contribution in [1.29, 1.82) is 0 Å². The summed E-state index contributed by atoms with van der Waals surface area (Å²) in [6.07, 6.45) is 1.60. The number of aromatic nitrogens is 3. The first-order valence-electron chi connectivity index (χ1n) is 7.03. The molecule has 1 amide bonds. The van der Waals surface area contributed by atoms with Crippen molar-refractivity contribution in [1.82, 2.24) is 19.5 Å². The third-order valence-corrected chi connectivity index (χ3v) is 4.24. The van der Waals surface area contributed by atoms with Gasteiger partial charge in [0.05, 0.1) is 6.54 Å². The summed E-state index contributed by atoms with van der Waals surface area (Å²) in [7, 11) is 0. The van der Waals surface area contributed by atoms with Gasteiger partial charge in [-0.3, -0.25) is 9.20 Å². The van der Waals surface area contributed by atoms with Gasteiger partial charge in [-0.15, -0.1) is 5.10 Å². The van der Waals surface area contributed by atoms with E-state index in [9.17, 15) is 14.7 Å². The first-order valence-corrected chi connectivity index (χ1v) is 7.97. The molecule has 0 aromatic carbocycles. The zero-order valence-electron chi connectivity index (χ0n) is 12.5. The Morgan fingerprint density at radius 2 is 2.26 bits per heavy atom. The lowest BCUT2D eigenvalue weighted by atomic mass is 9.99. The van der Waals surface area contributed by atoms with Gasteiger partial charge in [-0.1, -0.05) is 6.07 Å². The molecule has 0 aliphatic heterocycles. The maximum atomic E-state index is 12.1. The van der Waals surface area contributed by atoms with Crippen LogP contribution in [0.2, 0.25) is 0 Å². The Labute approximate surface area is 135 Å². The van der Waals surface area contributed by atoms with E-state index < -0.39 is 5.60 Å². The Balaban J connectivity index is 1.67. The van der Waals surface area contributed by atoms with Crippen LogP contribution in [-0.4, -0.2) is 31.7 Å². The second-order valence-corrected chi connectivity index (χ2v) is 6.21. The number of pyridine rings is 1. The maximum Gasteiger partial charge on any atom is 0.350 e. The van der Waals surface area contributed by atoms with Gasteiger partial charge in [0.25, 0.3) is 0 Å². The third kappa shape index (κ3) is 3.17. The van der Waals surface area contributed by atoms with Gasteiger partial charge in [-0.25, -0.2) is 9.48 Å². The molecule has 3 aromatic rings. The number of nitrogens with zero attached hydrogens (tertiary/aromatic N) is 3. The highest BCUT2D eigenvalue weighted by Crippen LogP contribution is 2.21. The van der Waals surface area contributed by atoms with E-state index in [-0.39, 0.29) is 24.7 Å². The van der Waals surface area contributed by atoms with Crippen molar-refractivity contribution in [3.05, 3.63) is 57.3 Å². The topological polar surface area (TPSA) is 88.6 Å². The molecular formula is C15H16N4O3S. The van der Waals surface area contributed by atoms with Crippen LogP contribution in [0.5, 0.6) is 0 Å². The summed E-state index contributed by atoms with van der Waals surface area (Å²) in [5.74, 6) is -0.383. The molecule has 2 N–H and O–H groups in total. The van der Waals surface area contributed by atoms with Crippen molar-refractivity contribution in [2.45, 2.75) is 19.1 Å². The van der Waals surface area contributed by atoms with Crippen LogP contribution in [0.3, 0.4) is 0 Å². The minimum Gasteiger partial charge on any atom is -0.384 e. The third-order valence-electron chi connectivity index (χ3n) is 3.55. The number of carbonyl (C=O) groups is 1. The van der Waals surface area contributed by atoms with Crippen molar-refractivity contribution >= 4 is 22.9 Å². The fourth-order valence-electron chi connectivity index (χ4n) is 2.21. The van der Waals surface area contributed by atoms with E-state index in [1.54, 1.807) is 31.3 Å². The molecule has 1 atom stereocenters. The van der Waals surface area contributed by atoms with Crippen LogP contribution < -0.4 is 11.0 Å². The molecule has 0 radical (unpaired) electrons. The summed E-state index contributed by atoms with van der Waals surface area (Å²) in [5, 5.41) is 20.8. The zero-order chi connectivity index (χ0) is 16.4. The molecule has 0 bridgehead atoms. The van der Waals surface area contributed by atoms with Crippen molar-refractivity contribution in [3.63, 3.8) is 0 Å². The van der Waals surface area contributed by atoms with Crippen LogP contribution in [0.15, 0.2) is 46.0 Å². The molecule has 3 heterocycles. The number of aliphatic hydroxyl groups is 1. The van der Waals surface area contributed by atoms with Crippen LogP contribution in [0.25, 0.3) is 5.65 Å². The SMILES string of the molecule is CC(O)(CNC(=O)Cn1nc2ccccn2c1=O)c1ccsc1. The largest absolute Gasteiger partial charge is 0.384 e. The zero-order valence-corrected chi connectivity index (χ0v) is 13.3. The van der Waals surface area contributed by atoms with Crippen LogP contribution in [0, 0.1) is 0 Å². The van der Waals surface area contributed by atoms with E-state index in [1.807, 2.05) is 16.8 Å². The Morgan fingerprint density at radius 1 is 1.43 bits per heavy atom. The van der Waals surface area contributed by atoms with E-state index in [1.165, 1.54) is 15.7 Å². The molecule has 0 saturated heterocycles. The van der Waals surface area contributed by atoms with E-state index in [0.717, 1.165) is 10.2 Å². The monoisotopic (exact) mass is 332 g/mol. The fraction of sp³-hybridized carbons (Fsp3) is 0.267. The standard InChI is InChI=1S/C15H16N4O3S/c1-15(22,11-5-7-23-9-11)10-16-13(20)8-19-14(21)18-6-3-2-4-12(18)17-19/h2-7,9,22H,8,10H2,1H3,(H,16,20). The quantitative estimate of drug-likeness (QED) is 0.715. The number of hydrogen-bond acceptors (Lipinski definition) is 5. The molecule has 1 unspecified atom stereocenters. The molecule has 120 valence electrons. The van der Waals surface area contributed by atoms with Gasteiger partial charge in [0.1, 0.15) is 12.1 Å². The van der Waals surface area contributed by atoms with E-state index in [0.29, 0.717) is 5.65 Å². The van der Waals surface area contributed by atoms with Gasteiger partial charge in [-0.2, -0.15) is 11.3 Å². The summed E-state index contributed by atoms with van der Waals surface area (Å²) >= 11 is 1.48. The first-order chi connectivity index (χ1) is 11.0. The van der Waals surface area contributed by atoms with Crippen molar-refractivity contribution in [3.8, 4) is 0 Å². The summed E-state index contributed by atoms with van der Waals surface area (Å²) in [4.78, 5) is 24.1. The first kappa shape index (κ1) is 15.4. The predicted molar refractivity (Wildman–Crippen MR) is 86.4 cm³/mol. The number of hydrogen-bond donors (Lipinski definition) is 2. The molecule has 7 nitrogen and oxygen atoms in total. The summed E-state index contributed by atoms with van der Waals surface area (Å²) in [6, 6.07) is 6.99. The number of rotatable bonds is 5. The Morgan fingerprint density at radius 3 is 2.96 bits per heavy atom. The van der Waals surface area contributed by atoms with Crippen molar-refractivity contribution in [2.24, 2.45) is 0 Å². The number of fused-ring (bicyclic) bond motifs is 1. The number of thiophene rings is 1. The highest BCUT2D eigenvalue weighted by atomic mass is 32.1. The average Bonchev–Trinajstić information content (AvgIpc) is 3.16. The van der Waals surface area contributed by atoms with E-state index in [2.05, 4.69) is 10.4 Å². The number of amides is 1. The second-order valence-electron chi connectivity index (χ2n) is 5.43. The maximum absolute atomic E-state index is 12.1. The van der Waals surface area contributed by atoms with Gasteiger partial charge in [0.15, 0.2) is 5.65 Å². The summed E-state index contributed by atoms with van der Waals surface area (Å²) in [6.45, 7) is 1.50. The Bertz CT molecular complexity index is 880. The molecular weight excluding hydrogens is 316 g/mol. The smallest absolute Gasteiger partial charge is 0.350 e. The molecule has 3 aromatic heterocycles. The normalized spacial score (nSPS) is 13.8. The summed E-state index contributed by atoms with van der Waals surface area (Å²) < 4.78 is 2.47. The highest BCUT2D eigenvalue weighted by Gasteiger charge is 2.24. The van der Waals surface area contributed by atoms with Crippen LogP contribution >= 0.6 is 11.3 Å². The van der Waals surface area contributed by atoms with Gasteiger partial charge in [0.2, 0.25) is 5.91 Å². The van der Waals surface area contributed by atoms with Crippen LogP contribution in [0.4, 0.5) is 0 Å². The Hall–Kier alpha value is -2.45. The lowest BCUT2D eigenvalue weighted by molar-refractivity contribution is -0.123. The molecule has 0 aliphatic rings. The number of carbonyl (C=O) groups excluding carboxylic acids is 1. The van der Waals surface area contributed by atoms with Crippen LogP contribution in [0.1, 0.15) is 12.5 Å². The van der Waals surface area contributed by atoms with Gasteiger partial charge >= 0.3 is 5.69 Å². The van der Waals surface area contributed by atoms with Gasteiger partial charge in [-0.05, 0) is 41.4 Å². The molecule has 3 rings (SSSR count). The van der Waals surface area contributed by atoms with Gasteiger partial charge < -0.3 is 10.4 Å². The molecule has 8 heteroatoms. The Kier molecular flexibility index (Phi) is 4.01. The second kappa shape index (κ2) is 5.98. The van der Waals surface area contributed by atoms with E-state index in [4.69, 9.17) is 0 Å². The minimum atomic E-state index is -1.15. The predicted octanol–water partition coefficient (Wildman–Crippen LogP) is 0.581. The number of nitrogens with one attached hydrogen (secondary N) is 1. The summed E-state index contributed by atoms with van der Waals surface area (Å²) in [5.41, 5.74) is -0.303. The van der Waals surface area contributed by atoms with Crippen molar-refractivity contribution < 1.29 is 9.90 Å². The van der Waals surface area contributed by atoms with E-state index >= 15 is 0 Å². The van der Waals surface area contributed by atoms with Crippen LogP contribution in [-0.2, 0) is 16.9 Å². The lowest BCUT2D eigenvalue weighted by Crippen LogP contribution is -2.41. The van der Waals surface area contributed by atoms with Crippen molar-refractivity contribution in [2.75, 3.05) is 6.54 Å².